The van der Waals surface area contributed by atoms with E-state index in [1.165, 1.54) is 0 Å². The number of para-hydroxylation sites is 2. The SMILES string of the molecule is O=C(Nc1ccccc1-c1ccccc1)OC1CCN(CCOCCOCCN2CCC(OC(=O)Nc3ccccc3-c3ccccc3)CC2)CC1. The Labute approximate surface area is 307 Å². The third-order valence-corrected chi connectivity index (χ3v) is 9.59. The fourth-order valence-corrected chi connectivity index (χ4v) is 6.72. The van der Waals surface area contributed by atoms with Crippen molar-refractivity contribution in [2.75, 3.05) is 76.3 Å². The molecule has 10 nitrogen and oxygen atoms in total. The third-order valence-electron chi connectivity index (χ3n) is 9.59. The van der Waals surface area contributed by atoms with Gasteiger partial charge < -0.3 is 28.7 Å². The molecule has 2 saturated heterocycles. The van der Waals surface area contributed by atoms with E-state index in [9.17, 15) is 9.59 Å². The molecule has 6 rings (SSSR count). The highest BCUT2D eigenvalue weighted by molar-refractivity contribution is 5.92. The molecule has 0 spiro atoms. The van der Waals surface area contributed by atoms with E-state index >= 15 is 0 Å². The number of hydrogen-bond donors (Lipinski definition) is 2. The molecule has 0 saturated carbocycles. The Bertz CT molecular complexity index is 1550. The number of ether oxygens (including phenoxy) is 4. The fraction of sp³-hybridized carbons (Fsp3) is 0.381. The van der Waals surface area contributed by atoms with E-state index in [0.717, 1.165) is 98.6 Å². The van der Waals surface area contributed by atoms with Crippen molar-refractivity contribution in [2.45, 2.75) is 37.9 Å². The van der Waals surface area contributed by atoms with Crippen LogP contribution in [0.4, 0.5) is 21.0 Å². The van der Waals surface area contributed by atoms with Crippen molar-refractivity contribution >= 4 is 23.6 Å². The number of amides is 2. The molecule has 52 heavy (non-hydrogen) atoms. The van der Waals surface area contributed by atoms with Crippen LogP contribution in [0.5, 0.6) is 0 Å². The van der Waals surface area contributed by atoms with Crippen LogP contribution in [0.2, 0.25) is 0 Å². The van der Waals surface area contributed by atoms with Crippen LogP contribution in [0.25, 0.3) is 22.3 Å². The molecule has 0 bridgehead atoms. The zero-order valence-electron chi connectivity index (χ0n) is 29.8. The quantitative estimate of drug-likeness (QED) is 0.121. The molecule has 274 valence electrons. The first-order valence-electron chi connectivity index (χ1n) is 18.4. The maximum absolute atomic E-state index is 12.7. The number of likely N-dealkylation sites (tertiary alicyclic amines) is 2. The largest absolute Gasteiger partial charge is 0.446 e. The first-order chi connectivity index (χ1) is 25.6. The molecule has 0 atom stereocenters. The van der Waals surface area contributed by atoms with Gasteiger partial charge in [0.1, 0.15) is 12.2 Å². The molecule has 2 amide bonds. The number of nitrogens with zero attached hydrogens (tertiary/aromatic N) is 2. The van der Waals surface area contributed by atoms with Gasteiger partial charge in [0, 0.05) is 50.4 Å². The van der Waals surface area contributed by atoms with Crippen LogP contribution < -0.4 is 10.6 Å². The molecular formula is C42H50N4O6. The summed E-state index contributed by atoms with van der Waals surface area (Å²) in [6.07, 6.45) is 2.19. The van der Waals surface area contributed by atoms with Crippen LogP contribution in [-0.2, 0) is 18.9 Å². The summed E-state index contributed by atoms with van der Waals surface area (Å²) in [7, 11) is 0. The van der Waals surface area contributed by atoms with Crippen molar-refractivity contribution in [1.29, 1.82) is 0 Å². The summed E-state index contributed by atoms with van der Waals surface area (Å²) in [6, 6.07) is 35.6. The summed E-state index contributed by atoms with van der Waals surface area (Å²) >= 11 is 0. The maximum atomic E-state index is 12.7. The van der Waals surface area contributed by atoms with E-state index < -0.39 is 12.2 Å². The molecule has 0 aromatic heterocycles. The second-order valence-electron chi connectivity index (χ2n) is 13.2. The van der Waals surface area contributed by atoms with Crippen LogP contribution in [-0.4, -0.2) is 99.9 Å². The Morgan fingerprint density at radius 1 is 0.500 bits per heavy atom. The van der Waals surface area contributed by atoms with Gasteiger partial charge in [0.25, 0.3) is 0 Å². The lowest BCUT2D eigenvalue weighted by atomic mass is 10.0. The number of piperidine rings is 2. The standard InChI is InChI=1S/C42H50N4O6/c47-41(43-39-17-9-7-15-37(39)33-11-3-1-4-12-33)51-35-19-23-45(24-20-35)27-29-49-31-32-50-30-28-46-25-21-36(22-26-46)52-42(48)44-40-18-10-8-16-38(40)34-13-5-2-6-14-34/h1-18,35-36H,19-32H2,(H,43,47)(H,44,48). The van der Waals surface area contributed by atoms with Crippen LogP contribution in [0.15, 0.2) is 109 Å². The molecule has 4 aromatic carbocycles. The van der Waals surface area contributed by atoms with Crippen molar-refractivity contribution in [3.05, 3.63) is 109 Å². The van der Waals surface area contributed by atoms with Crippen LogP contribution >= 0.6 is 0 Å². The molecule has 0 aliphatic carbocycles. The monoisotopic (exact) mass is 706 g/mol. The average molecular weight is 707 g/mol. The van der Waals surface area contributed by atoms with Crippen molar-refractivity contribution in [3.63, 3.8) is 0 Å². The first-order valence-corrected chi connectivity index (χ1v) is 18.4. The van der Waals surface area contributed by atoms with E-state index in [2.05, 4.69) is 20.4 Å². The lowest BCUT2D eigenvalue weighted by Crippen LogP contribution is -2.40. The van der Waals surface area contributed by atoms with Gasteiger partial charge >= 0.3 is 12.2 Å². The Kier molecular flexibility index (Phi) is 14.1. The molecule has 2 aliphatic heterocycles. The van der Waals surface area contributed by atoms with Gasteiger partial charge in [-0.1, -0.05) is 97.1 Å². The highest BCUT2D eigenvalue weighted by atomic mass is 16.6. The van der Waals surface area contributed by atoms with E-state index in [1.807, 2.05) is 109 Å². The number of benzene rings is 4. The van der Waals surface area contributed by atoms with Crippen LogP contribution in [0.1, 0.15) is 25.7 Å². The fourth-order valence-electron chi connectivity index (χ4n) is 6.72. The van der Waals surface area contributed by atoms with Crippen molar-refractivity contribution in [3.8, 4) is 22.3 Å². The molecule has 2 fully saturated rings. The minimum atomic E-state index is -0.412. The number of carbonyl (C=O) groups is 2. The smallest absolute Gasteiger partial charge is 0.411 e. The highest BCUT2D eigenvalue weighted by Crippen LogP contribution is 2.29. The number of hydrogen-bond acceptors (Lipinski definition) is 8. The average Bonchev–Trinajstić information content (AvgIpc) is 3.18. The lowest BCUT2D eigenvalue weighted by molar-refractivity contribution is 0.0131. The minimum absolute atomic E-state index is 0.0967. The van der Waals surface area contributed by atoms with Crippen LogP contribution in [0.3, 0.4) is 0 Å². The molecule has 2 heterocycles. The molecule has 2 aliphatic rings. The summed E-state index contributed by atoms with van der Waals surface area (Å²) in [5, 5.41) is 5.88. The third kappa shape index (κ3) is 11.4. The second kappa shape index (κ2) is 19.8. The molecular weight excluding hydrogens is 656 g/mol. The van der Waals surface area contributed by atoms with Gasteiger partial charge in [0.2, 0.25) is 0 Å². The number of anilines is 2. The van der Waals surface area contributed by atoms with E-state index in [0.29, 0.717) is 26.4 Å². The van der Waals surface area contributed by atoms with Crippen LogP contribution in [0, 0.1) is 0 Å². The Morgan fingerprint density at radius 2 is 0.865 bits per heavy atom. The number of nitrogens with one attached hydrogen (secondary N) is 2. The van der Waals surface area contributed by atoms with Gasteiger partial charge in [-0.25, -0.2) is 9.59 Å². The Hall–Kier alpha value is -4.74. The summed E-state index contributed by atoms with van der Waals surface area (Å²) in [4.78, 5) is 30.1. The lowest BCUT2D eigenvalue weighted by Gasteiger charge is -2.31. The van der Waals surface area contributed by atoms with Gasteiger partial charge in [0.05, 0.1) is 37.8 Å². The van der Waals surface area contributed by atoms with Crippen molar-refractivity contribution < 1.29 is 28.5 Å². The molecule has 10 heteroatoms. The summed E-state index contributed by atoms with van der Waals surface area (Å²) < 4.78 is 23.2. The topological polar surface area (TPSA) is 102 Å². The highest BCUT2D eigenvalue weighted by Gasteiger charge is 2.24. The summed E-state index contributed by atoms with van der Waals surface area (Å²) in [6.45, 7) is 7.57. The summed E-state index contributed by atoms with van der Waals surface area (Å²) in [5.74, 6) is 0. The van der Waals surface area contributed by atoms with E-state index in [4.69, 9.17) is 18.9 Å². The maximum Gasteiger partial charge on any atom is 0.411 e. The molecule has 4 aromatic rings. The first kappa shape index (κ1) is 37.0. The van der Waals surface area contributed by atoms with Crippen molar-refractivity contribution in [2.24, 2.45) is 0 Å². The predicted octanol–water partition coefficient (Wildman–Crippen LogP) is 7.78. The van der Waals surface area contributed by atoms with E-state index in [1.54, 1.807) is 0 Å². The summed E-state index contributed by atoms with van der Waals surface area (Å²) in [5.41, 5.74) is 5.51. The predicted molar refractivity (Wildman–Crippen MR) is 205 cm³/mol. The van der Waals surface area contributed by atoms with Gasteiger partial charge in [-0.05, 0) is 48.9 Å². The minimum Gasteiger partial charge on any atom is -0.446 e. The Balaban J connectivity index is 0.769. The molecule has 0 radical (unpaired) electrons. The molecule has 2 N–H and O–H groups in total. The number of carbonyl (C=O) groups excluding carboxylic acids is 2. The van der Waals surface area contributed by atoms with Crippen molar-refractivity contribution in [1.82, 2.24) is 9.80 Å². The second-order valence-corrected chi connectivity index (χ2v) is 13.2. The van der Waals surface area contributed by atoms with Gasteiger partial charge in [-0.2, -0.15) is 0 Å². The zero-order chi connectivity index (χ0) is 35.8. The zero-order valence-corrected chi connectivity index (χ0v) is 29.8. The van der Waals surface area contributed by atoms with Gasteiger partial charge in [-0.3, -0.25) is 10.6 Å². The van der Waals surface area contributed by atoms with Gasteiger partial charge in [0.15, 0.2) is 0 Å². The Morgan fingerprint density at radius 3 is 1.27 bits per heavy atom. The van der Waals surface area contributed by atoms with Gasteiger partial charge in [-0.15, -0.1) is 0 Å². The van der Waals surface area contributed by atoms with E-state index in [-0.39, 0.29) is 12.2 Å². The molecule has 0 unspecified atom stereocenters. The normalized spacial score (nSPS) is 15.9. The number of rotatable bonds is 15.